The lowest BCUT2D eigenvalue weighted by molar-refractivity contribution is -0.133. The van der Waals surface area contributed by atoms with Crippen molar-refractivity contribution in [2.45, 2.75) is 33.2 Å². The lowest BCUT2D eigenvalue weighted by Crippen LogP contribution is -2.54. The highest BCUT2D eigenvalue weighted by Crippen LogP contribution is 2.18. The predicted octanol–water partition coefficient (Wildman–Crippen LogP) is 1.06. The summed E-state index contributed by atoms with van der Waals surface area (Å²) in [5, 5.41) is 11.1. The van der Waals surface area contributed by atoms with Crippen molar-refractivity contribution in [2.75, 3.05) is 31.1 Å². The summed E-state index contributed by atoms with van der Waals surface area (Å²) in [5.41, 5.74) is 1.03. The Morgan fingerprint density at radius 2 is 2.00 bits per heavy atom. The molecule has 4 rings (SSSR count). The van der Waals surface area contributed by atoms with Crippen molar-refractivity contribution < 1.29 is 14.0 Å². The summed E-state index contributed by atoms with van der Waals surface area (Å²) in [5.74, 6) is 2.00. The lowest BCUT2D eigenvalue weighted by atomic mass is 10.2. The second-order valence-electron chi connectivity index (χ2n) is 7.35. The van der Waals surface area contributed by atoms with Gasteiger partial charge in [0.05, 0.1) is 6.26 Å². The molecule has 0 saturated carbocycles. The van der Waals surface area contributed by atoms with Crippen LogP contribution in [0.2, 0.25) is 0 Å². The molecule has 30 heavy (non-hydrogen) atoms. The van der Waals surface area contributed by atoms with E-state index in [0.717, 1.165) is 23.8 Å². The quantitative estimate of drug-likeness (QED) is 0.668. The molecule has 10 heteroatoms. The number of nitrogens with one attached hydrogen (secondary N) is 1. The Kier molecular flexibility index (Phi) is 5.39. The van der Waals surface area contributed by atoms with Gasteiger partial charge in [0.1, 0.15) is 17.7 Å². The highest BCUT2D eigenvalue weighted by Gasteiger charge is 2.27. The van der Waals surface area contributed by atoms with E-state index in [9.17, 15) is 9.59 Å². The monoisotopic (exact) mass is 411 g/mol. The summed E-state index contributed by atoms with van der Waals surface area (Å²) in [6.07, 6.45) is 2.22. The van der Waals surface area contributed by atoms with Crippen LogP contribution in [0.4, 0.5) is 5.82 Å². The van der Waals surface area contributed by atoms with E-state index in [2.05, 4.69) is 25.4 Å². The van der Waals surface area contributed by atoms with E-state index >= 15 is 0 Å². The van der Waals surface area contributed by atoms with E-state index in [0.29, 0.717) is 32.0 Å². The number of rotatable bonds is 5. The summed E-state index contributed by atoms with van der Waals surface area (Å²) in [7, 11) is 0. The van der Waals surface area contributed by atoms with Gasteiger partial charge in [-0.3, -0.25) is 14.0 Å². The Labute approximate surface area is 173 Å². The van der Waals surface area contributed by atoms with Gasteiger partial charge in [-0.25, -0.2) is 0 Å². The van der Waals surface area contributed by atoms with Gasteiger partial charge in [0.2, 0.25) is 5.91 Å². The van der Waals surface area contributed by atoms with Gasteiger partial charge in [-0.1, -0.05) is 6.92 Å². The molecule has 1 aliphatic heterocycles. The number of carbonyl (C=O) groups is 2. The SMILES string of the molecule is CCc1nnc2nc(N3CCN(C(=O)[C@@H](C)NC(=O)c4ccco4)CC3)cc(C)n12. The summed E-state index contributed by atoms with van der Waals surface area (Å²) >= 11 is 0. The number of nitrogens with zero attached hydrogens (tertiary/aromatic N) is 6. The minimum atomic E-state index is -0.630. The third-order valence-corrected chi connectivity index (χ3v) is 5.31. The Morgan fingerprint density at radius 1 is 1.23 bits per heavy atom. The molecule has 1 N–H and O–H groups in total. The van der Waals surface area contributed by atoms with Crippen LogP contribution in [0.25, 0.3) is 5.78 Å². The topological polar surface area (TPSA) is 109 Å². The number of amides is 2. The van der Waals surface area contributed by atoms with Gasteiger partial charge < -0.3 is 19.5 Å². The Balaban J connectivity index is 1.38. The van der Waals surface area contributed by atoms with E-state index in [-0.39, 0.29) is 11.7 Å². The fraction of sp³-hybridized carbons (Fsp3) is 0.450. The maximum atomic E-state index is 12.7. The van der Waals surface area contributed by atoms with Crippen LogP contribution in [0.5, 0.6) is 0 Å². The first-order valence-electron chi connectivity index (χ1n) is 10.1. The van der Waals surface area contributed by atoms with Crippen LogP contribution < -0.4 is 10.2 Å². The first-order chi connectivity index (χ1) is 14.5. The molecule has 0 radical (unpaired) electrons. The first-order valence-corrected chi connectivity index (χ1v) is 10.1. The number of hydrogen-bond donors (Lipinski definition) is 1. The van der Waals surface area contributed by atoms with Gasteiger partial charge in [-0.15, -0.1) is 10.2 Å². The molecule has 1 saturated heterocycles. The van der Waals surface area contributed by atoms with Gasteiger partial charge in [-0.05, 0) is 26.0 Å². The third-order valence-electron chi connectivity index (χ3n) is 5.31. The van der Waals surface area contributed by atoms with Gasteiger partial charge in [-0.2, -0.15) is 4.98 Å². The molecule has 2 amide bonds. The molecule has 158 valence electrons. The zero-order valence-corrected chi connectivity index (χ0v) is 17.3. The van der Waals surface area contributed by atoms with Gasteiger partial charge >= 0.3 is 0 Å². The van der Waals surface area contributed by atoms with Crippen LogP contribution in [0.3, 0.4) is 0 Å². The Bertz CT molecular complexity index is 1050. The van der Waals surface area contributed by atoms with Crippen molar-refractivity contribution in [1.29, 1.82) is 0 Å². The fourth-order valence-corrected chi connectivity index (χ4v) is 3.68. The zero-order chi connectivity index (χ0) is 21.3. The Hall–Kier alpha value is -3.43. The second-order valence-corrected chi connectivity index (χ2v) is 7.35. The lowest BCUT2D eigenvalue weighted by Gasteiger charge is -2.36. The normalized spacial score (nSPS) is 15.4. The molecule has 1 atom stereocenters. The van der Waals surface area contributed by atoms with Gasteiger partial charge in [0, 0.05) is 44.4 Å². The third kappa shape index (κ3) is 3.72. The number of anilines is 1. The molecule has 0 aromatic carbocycles. The maximum Gasteiger partial charge on any atom is 0.287 e. The number of piperazine rings is 1. The molecule has 0 bridgehead atoms. The van der Waals surface area contributed by atoms with Gasteiger partial charge in [0.25, 0.3) is 11.7 Å². The summed E-state index contributed by atoms with van der Waals surface area (Å²) in [4.78, 5) is 33.4. The smallest absolute Gasteiger partial charge is 0.287 e. The Morgan fingerprint density at radius 3 is 2.67 bits per heavy atom. The largest absolute Gasteiger partial charge is 0.459 e. The van der Waals surface area contributed by atoms with E-state index in [1.807, 2.05) is 24.3 Å². The molecule has 3 aromatic heterocycles. The molecule has 0 unspecified atom stereocenters. The molecular weight excluding hydrogens is 386 g/mol. The average Bonchev–Trinajstić information content (AvgIpc) is 3.43. The number of aromatic nitrogens is 4. The highest BCUT2D eigenvalue weighted by molar-refractivity contribution is 5.95. The number of fused-ring (bicyclic) bond motifs is 1. The number of furan rings is 1. The van der Waals surface area contributed by atoms with Gasteiger partial charge in [0.15, 0.2) is 5.76 Å². The summed E-state index contributed by atoms with van der Waals surface area (Å²) in [6, 6.07) is 4.60. The molecule has 1 aliphatic rings. The van der Waals surface area contributed by atoms with E-state index < -0.39 is 11.9 Å². The fourth-order valence-electron chi connectivity index (χ4n) is 3.68. The van der Waals surface area contributed by atoms with Crippen molar-refractivity contribution >= 4 is 23.4 Å². The van der Waals surface area contributed by atoms with Crippen LogP contribution in [0.15, 0.2) is 28.9 Å². The van der Waals surface area contributed by atoms with E-state index in [4.69, 9.17) is 4.42 Å². The molecule has 3 aromatic rings. The van der Waals surface area contributed by atoms with Crippen LogP contribution in [0, 0.1) is 6.92 Å². The molecule has 0 spiro atoms. The van der Waals surface area contributed by atoms with Crippen LogP contribution in [-0.4, -0.2) is 68.5 Å². The number of carbonyl (C=O) groups excluding carboxylic acids is 2. The average molecular weight is 411 g/mol. The standard InChI is InChI=1S/C20H25N7O3/c1-4-16-23-24-20-22-17(12-13(2)27(16)20)25-7-9-26(10-8-25)19(29)14(3)21-18(28)15-6-5-11-30-15/h5-6,11-12,14H,4,7-10H2,1-3H3,(H,21,28)/t14-/m1/s1. The van der Waals surface area contributed by atoms with Crippen molar-refractivity contribution in [1.82, 2.24) is 29.8 Å². The zero-order valence-electron chi connectivity index (χ0n) is 17.3. The minimum absolute atomic E-state index is 0.112. The predicted molar refractivity (Wildman–Crippen MR) is 109 cm³/mol. The van der Waals surface area contributed by atoms with Crippen molar-refractivity contribution in [3.05, 3.63) is 41.7 Å². The molecule has 0 aliphatic carbocycles. The van der Waals surface area contributed by atoms with Crippen LogP contribution >= 0.6 is 0 Å². The number of aryl methyl sites for hydroxylation is 2. The van der Waals surface area contributed by atoms with E-state index in [1.54, 1.807) is 24.0 Å². The maximum absolute atomic E-state index is 12.7. The molecule has 4 heterocycles. The van der Waals surface area contributed by atoms with Crippen LogP contribution in [0.1, 0.15) is 35.9 Å². The van der Waals surface area contributed by atoms with E-state index in [1.165, 1.54) is 6.26 Å². The van der Waals surface area contributed by atoms with Crippen molar-refractivity contribution in [2.24, 2.45) is 0 Å². The summed E-state index contributed by atoms with van der Waals surface area (Å²) < 4.78 is 7.04. The second kappa shape index (κ2) is 8.13. The minimum Gasteiger partial charge on any atom is -0.459 e. The molecular formula is C20H25N7O3. The number of hydrogen-bond acceptors (Lipinski definition) is 7. The summed E-state index contributed by atoms with van der Waals surface area (Å²) in [6.45, 7) is 8.16. The first kappa shape index (κ1) is 19.9. The molecule has 10 nitrogen and oxygen atoms in total. The van der Waals surface area contributed by atoms with Crippen LogP contribution in [-0.2, 0) is 11.2 Å². The van der Waals surface area contributed by atoms with Crippen molar-refractivity contribution in [3.63, 3.8) is 0 Å². The van der Waals surface area contributed by atoms with Crippen molar-refractivity contribution in [3.8, 4) is 0 Å². The highest BCUT2D eigenvalue weighted by atomic mass is 16.3. The molecule has 1 fully saturated rings.